The van der Waals surface area contributed by atoms with Crippen molar-refractivity contribution in [2.45, 2.75) is 20.0 Å². The summed E-state index contributed by atoms with van der Waals surface area (Å²) in [7, 11) is 0. The molecule has 2 nitrogen and oxygen atoms in total. The van der Waals surface area contributed by atoms with Crippen LogP contribution in [-0.4, -0.2) is 6.54 Å². The van der Waals surface area contributed by atoms with Crippen LogP contribution in [0.25, 0.3) is 0 Å². The molecule has 0 spiro atoms. The van der Waals surface area contributed by atoms with E-state index >= 15 is 0 Å². The Morgan fingerprint density at radius 2 is 1.75 bits per heavy atom. The molecular formula is C16H17Br2NO. The molecule has 106 valence electrons. The van der Waals surface area contributed by atoms with Gasteiger partial charge in [0.15, 0.2) is 0 Å². The summed E-state index contributed by atoms with van der Waals surface area (Å²) in [6.45, 7) is 3.24. The van der Waals surface area contributed by atoms with E-state index in [1.165, 1.54) is 0 Å². The predicted molar refractivity (Wildman–Crippen MR) is 90.1 cm³/mol. The van der Waals surface area contributed by atoms with Crippen LogP contribution in [0.15, 0.2) is 45.3 Å². The summed E-state index contributed by atoms with van der Waals surface area (Å²) < 4.78 is 8.15. The monoisotopic (exact) mass is 397 g/mol. The standard InChI is InChI=1S/C16H17Br2NO/c1-11-8-15(18)9-13(6-7-19)16(11)20-10-12-2-4-14(17)5-3-12/h2-5,8-9H,6-7,10,19H2,1H3. The number of hydrogen-bond donors (Lipinski definition) is 1. The zero-order valence-electron chi connectivity index (χ0n) is 11.3. The number of aryl methyl sites for hydroxylation is 1. The number of hydrogen-bond acceptors (Lipinski definition) is 2. The van der Waals surface area contributed by atoms with Gasteiger partial charge in [-0.15, -0.1) is 0 Å². The van der Waals surface area contributed by atoms with Crippen LogP contribution >= 0.6 is 31.9 Å². The Balaban J connectivity index is 2.17. The van der Waals surface area contributed by atoms with Crippen LogP contribution in [-0.2, 0) is 13.0 Å². The van der Waals surface area contributed by atoms with Gasteiger partial charge < -0.3 is 10.5 Å². The van der Waals surface area contributed by atoms with E-state index in [4.69, 9.17) is 10.5 Å². The topological polar surface area (TPSA) is 35.2 Å². The van der Waals surface area contributed by atoms with Gasteiger partial charge in [-0.05, 0) is 60.8 Å². The van der Waals surface area contributed by atoms with Gasteiger partial charge in [0.1, 0.15) is 12.4 Å². The van der Waals surface area contributed by atoms with Crippen molar-refractivity contribution in [3.8, 4) is 5.75 Å². The maximum atomic E-state index is 6.01. The lowest BCUT2D eigenvalue weighted by molar-refractivity contribution is 0.301. The number of halogens is 2. The van der Waals surface area contributed by atoms with Gasteiger partial charge in [0.05, 0.1) is 0 Å². The number of benzene rings is 2. The molecule has 0 aliphatic carbocycles. The van der Waals surface area contributed by atoms with Crippen molar-refractivity contribution < 1.29 is 4.74 Å². The van der Waals surface area contributed by atoms with Gasteiger partial charge >= 0.3 is 0 Å². The number of nitrogens with two attached hydrogens (primary N) is 1. The molecule has 0 saturated heterocycles. The Morgan fingerprint density at radius 3 is 2.40 bits per heavy atom. The van der Waals surface area contributed by atoms with Crippen molar-refractivity contribution in [1.29, 1.82) is 0 Å². The molecule has 0 saturated carbocycles. The summed E-state index contributed by atoms with van der Waals surface area (Å²) in [5.41, 5.74) is 9.10. The zero-order valence-corrected chi connectivity index (χ0v) is 14.5. The fourth-order valence-corrected chi connectivity index (χ4v) is 2.97. The lowest BCUT2D eigenvalue weighted by Gasteiger charge is -2.15. The maximum Gasteiger partial charge on any atom is 0.126 e. The normalized spacial score (nSPS) is 10.6. The van der Waals surface area contributed by atoms with Gasteiger partial charge in [-0.1, -0.05) is 44.0 Å². The molecular weight excluding hydrogens is 382 g/mol. The van der Waals surface area contributed by atoms with Gasteiger partial charge in [0, 0.05) is 8.95 Å². The summed E-state index contributed by atoms with van der Waals surface area (Å²) in [6, 6.07) is 12.3. The minimum atomic E-state index is 0.563. The average molecular weight is 399 g/mol. The molecule has 2 aromatic rings. The fraction of sp³-hybridized carbons (Fsp3) is 0.250. The minimum Gasteiger partial charge on any atom is -0.488 e. The lowest BCUT2D eigenvalue weighted by Crippen LogP contribution is -2.06. The Bertz CT molecular complexity index is 582. The molecule has 0 amide bonds. The van der Waals surface area contributed by atoms with Crippen LogP contribution in [0.3, 0.4) is 0 Å². The number of ether oxygens (including phenoxy) is 1. The molecule has 0 aromatic heterocycles. The first-order valence-corrected chi connectivity index (χ1v) is 8.05. The summed E-state index contributed by atoms with van der Waals surface area (Å²) in [5, 5.41) is 0. The lowest BCUT2D eigenvalue weighted by atomic mass is 10.1. The molecule has 4 heteroatoms. The van der Waals surface area contributed by atoms with Gasteiger partial charge in [0.25, 0.3) is 0 Å². The van der Waals surface area contributed by atoms with Crippen LogP contribution in [0.5, 0.6) is 5.75 Å². The smallest absolute Gasteiger partial charge is 0.126 e. The third kappa shape index (κ3) is 4.08. The SMILES string of the molecule is Cc1cc(Br)cc(CCN)c1OCc1ccc(Br)cc1. The quantitative estimate of drug-likeness (QED) is 0.798. The molecule has 0 fully saturated rings. The fourth-order valence-electron chi connectivity index (χ4n) is 2.08. The molecule has 2 rings (SSSR count). The van der Waals surface area contributed by atoms with E-state index < -0.39 is 0 Å². The first-order valence-electron chi connectivity index (χ1n) is 6.46. The first-order chi connectivity index (χ1) is 9.60. The highest BCUT2D eigenvalue weighted by Crippen LogP contribution is 2.29. The van der Waals surface area contributed by atoms with E-state index in [-0.39, 0.29) is 0 Å². The third-order valence-electron chi connectivity index (χ3n) is 3.03. The molecule has 2 N–H and O–H groups in total. The molecule has 2 aromatic carbocycles. The van der Waals surface area contributed by atoms with E-state index in [0.717, 1.165) is 37.8 Å². The van der Waals surface area contributed by atoms with Crippen molar-refractivity contribution in [1.82, 2.24) is 0 Å². The molecule has 0 heterocycles. The van der Waals surface area contributed by atoms with E-state index in [9.17, 15) is 0 Å². The van der Waals surface area contributed by atoms with E-state index in [1.807, 2.05) is 12.1 Å². The van der Waals surface area contributed by atoms with Crippen LogP contribution in [0.1, 0.15) is 16.7 Å². The largest absolute Gasteiger partial charge is 0.488 e. The summed E-state index contributed by atoms with van der Waals surface area (Å²) in [4.78, 5) is 0. The predicted octanol–water partition coefficient (Wildman–Crippen LogP) is 4.60. The maximum absolute atomic E-state index is 6.01. The summed E-state index contributed by atoms with van der Waals surface area (Å²) in [5.74, 6) is 0.946. The molecule has 0 bridgehead atoms. The second-order valence-electron chi connectivity index (χ2n) is 4.66. The van der Waals surface area contributed by atoms with Crippen molar-refractivity contribution in [2.75, 3.05) is 6.54 Å². The Kier molecular flexibility index (Phi) is 5.64. The van der Waals surface area contributed by atoms with Crippen molar-refractivity contribution in [3.05, 3.63) is 62.0 Å². The van der Waals surface area contributed by atoms with Crippen LogP contribution in [0, 0.1) is 6.92 Å². The van der Waals surface area contributed by atoms with Gasteiger partial charge in [-0.3, -0.25) is 0 Å². The Hall–Kier alpha value is -0.840. The molecule has 0 radical (unpaired) electrons. The van der Waals surface area contributed by atoms with Crippen molar-refractivity contribution in [2.24, 2.45) is 5.73 Å². The molecule has 0 atom stereocenters. The molecule has 0 unspecified atom stereocenters. The Labute approximate surface area is 136 Å². The van der Waals surface area contributed by atoms with Crippen LogP contribution < -0.4 is 10.5 Å². The van der Waals surface area contributed by atoms with Gasteiger partial charge in [-0.2, -0.15) is 0 Å². The summed E-state index contributed by atoms with van der Waals surface area (Å²) in [6.07, 6.45) is 0.815. The highest BCUT2D eigenvalue weighted by atomic mass is 79.9. The second kappa shape index (κ2) is 7.25. The van der Waals surface area contributed by atoms with Crippen LogP contribution in [0.2, 0.25) is 0 Å². The third-order valence-corrected chi connectivity index (χ3v) is 4.01. The van der Waals surface area contributed by atoms with Gasteiger partial charge in [-0.25, -0.2) is 0 Å². The van der Waals surface area contributed by atoms with E-state index in [0.29, 0.717) is 13.2 Å². The highest BCUT2D eigenvalue weighted by Gasteiger charge is 2.09. The minimum absolute atomic E-state index is 0.563. The van der Waals surface area contributed by atoms with Gasteiger partial charge in [0.2, 0.25) is 0 Å². The van der Waals surface area contributed by atoms with E-state index in [2.05, 4.69) is 63.0 Å². The second-order valence-corrected chi connectivity index (χ2v) is 6.50. The molecule has 0 aliphatic rings. The van der Waals surface area contributed by atoms with Crippen molar-refractivity contribution >= 4 is 31.9 Å². The number of rotatable bonds is 5. The Morgan fingerprint density at radius 1 is 1.05 bits per heavy atom. The average Bonchev–Trinajstić information content (AvgIpc) is 2.40. The summed E-state index contributed by atoms with van der Waals surface area (Å²) >= 11 is 6.95. The zero-order chi connectivity index (χ0) is 14.5. The van der Waals surface area contributed by atoms with Crippen LogP contribution in [0.4, 0.5) is 0 Å². The highest BCUT2D eigenvalue weighted by molar-refractivity contribution is 9.10. The molecule has 0 aliphatic heterocycles. The molecule has 20 heavy (non-hydrogen) atoms. The van der Waals surface area contributed by atoms with Crippen molar-refractivity contribution in [3.63, 3.8) is 0 Å². The van der Waals surface area contributed by atoms with E-state index in [1.54, 1.807) is 0 Å². The first kappa shape index (κ1) is 15.5.